The second-order valence-electron chi connectivity index (χ2n) is 6.64. The van der Waals surface area contributed by atoms with E-state index in [0.29, 0.717) is 0 Å². The van der Waals surface area contributed by atoms with Crippen molar-refractivity contribution in [3.63, 3.8) is 0 Å². The van der Waals surface area contributed by atoms with Crippen LogP contribution in [0, 0.1) is 19.9 Å². The van der Waals surface area contributed by atoms with Gasteiger partial charge >= 0.3 is 21.7 Å². The summed E-state index contributed by atoms with van der Waals surface area (Å²) >= 11 is 0. The van der Waals surface area contributed by atoms with Crippen LogP contribution >= 0.6 is 0 Å². The Hall–Kier alpha value is 0.501. The first-order chi connectivity index (χ1) is 10.0. The first kappa shape index (κ1) is 30.2. The predicted molar refractivity (Wildman–Crippen MR) is 96.6 cm³/mol. The molecule has 0 fully saturated rings. The number of aryl methyl sites for hydroxylation is 2. The normalized spacial score (nSPS) is 14.6. The summed E-state index contributed by atoms with van der Waals surface area (Å²) in [6, 6.07) is 8.55. The quantitative estimate of drug-likeness (QED) is 0.310. The molecule has 0 N–H and O–H groups in total. The van der Waals surface area contributed by atoms with Crippen molar-refractivity contribution in [2.45, 2.75) is 66.0 Å². The van der Waals surface area contributed by atoms with Gasteiger partial charge in [-0.1, -0.05) is 80.2 Å². The largest absolute Gasteiger partial charge is 4.00 e. The Bertz CT molecular complexity index is 564. The average molecular weight is 452 g/mol. The second kappa shape index (κ2) is 13.6. The molecule has 0 amide bonds. The molecule has 0 spiro atoms. The monoisotopic (exact) mass is 450 g/mol. The van der Waals surface area contributed by atoms with Gasteiger partial charge in [0.2, 0.25) is 0 Å². The molecule has 1 unspecified atom stereocenters. The molecule has 1 aliphatic rings. The molecular formula is C20H29Cl3SiTi. The van der Waals surface area contributed by atoms with E-state index in [0.717, 1.165) is 12.8 Å². The summed E-state index contributed by atoms with van der Waals surface area (Å²) in [4.78, 5) is 0. The summed E-state index contributed by atoms with van der Waals surface area (Å²) in [5, 5.41) is 3.29. The predicted octanol–water partition coefficient (Wildman–Crippen LogP) is -3.59. The average Bonchev–Trinajstić information content (AvgIpc) is 2.92. The van der Waals surface area contributed by atoms with Crippen LogP contribution in [-0.4, -0.2) is 8.07 Å². The third-order valence-electron chi connectivity index (χ3n) is 4.78. The maximum atomic E-state index is 3.60. The minimum atomic E-state index is -1.60. The summed E-state index contributed by atoms with van der Waals surface area (Å²) in [5.41, 5.74) is 4.31. The molecule has 5 heteroatoms. The van der Waals surface area contributed by atoms with E-state index >= 15 is 0 Å². The first-order valence-corrected chi connectivity index (χ1v) is 11.1. The van der Waals surface area contributed by atoms with E-state index < -0.39 is 8.07 Å². The van der Waals surface area contributed by atoms with E-state index in [1.807, 2.05) is 0 Å². The Morgan fingerprint density at radius 2 is 1.56 bits per heavy atom. The van der Waals surface area contributed by atoms with Crippen molar-refractivity contribution in [1.82, 2.24) is 0 Å². The number of rotatable bonds is 6. The molecule has 1 aliphatic carbocycles. The number of hydrogen-bond donors (Lipinski definition) is 0. The fraction of sp³-hybridized carbons (Fsp3) is 0.500. The maximum Gasteiger partial charge on any atom is 4.00 e. The van der Waals surface area contributed by atoms with Gasteiger partial charge in [-0.15, -0.1) is 6.42 Å². The molecule has 1 aromatic carbocycles. The fourth-order valence-electron chi connectivity index (χ4n) is 3.63. The van der Waals surface area contributed by atoms with Gasteiger partial charge in [-0.3, -0.25) is 6.08 Å². The molecule has 0 aromatic heterocycles. The van der Waals surface area contributed by atoms with E-state index in [1.165, 1.54) is 35.6 Å². The molecular weight excluding hydrogens is 423 g/mol. The van der Waals surface area contributed by atoms with Gasteiger partial charge < -0.3 is 37.2 Å². The Morgan fingerprint density at radius 3 is 2.04 bits per heavy atom. The van der Waals surface area contributed by atoms with Gasteiger partial charge in [-0.25, -0.2) is 5.57 Å². The zero-order chi connectivity index (χ0) is 15.5. The molecule has 0 radical (unpaired) electrons. The van der Waals surface area contributed by atoms with Crippen LogP contribution in [-0.2, 0) is 21.7 Å². The van der Waals surface area contributed by atoms with Crippen LogP contribution < -0.4 is 42.4 Å². The molecule has 25 heavy (non-hydrogen) atoms. The number of unbranched alkanes of at least 4 members (excludes halogenated alkanes) is 1. The zero-order valence-corrected chi connectivity index (χ0v) is 20.8. The molecule has 0 saturated heterocycles. The van der Waals surface area contributed by atoms with Crippen molar-refractivity contribution >= 4 is 13.3 Å². The minimum absolute atomic E-state index is 0. The van der Waals surface area contributed by atoms with E-state index in [1.54, 1.807) is 10.4 Å². The van der Waals surface area contributed by atoms with Crippen molar-refractivity contribution in [3.05, 3.63) is 52.2 Å². The topological polar surface area (TPSA) is 0 Å². The summed E-state index contributed by atoms with van der Waals surface area (Å²) in [7, 11) is -1.60. The van der Waals surface area contributed by atoms with Crippen LogP contribution in [0.25, 0.3) is 0 Å². The standard InChI is InChI=1S/C20H29Si.3ClH.Ti/c1-6-8-12-21(5,20-11-9-10-18(20)7-2)19-14-16(3)13-17(4)15-19;;;;/h11,13-15H,6-9,12H2,1-5H3;3*1H;/q-1;;;;+4/p-3. The summed E-state index contributed by atoms with van der Waals surface area (Å²) in [6.07, 6.45) is 10.8. The number of benzene rings is 1. The van der Waals surface area contributed by atoms with Crippen molar-refractivity contribution in [3.8, 4) is 0 Å². The molecule has 0 nitrogen and oxygen atoms in total. The molecule has 1 aromatic rings. The maximum absolute atomic E-state index is 3.60. The Kier molecular flexibility index (Phi) is 16.5. The molecule has 2 rings (SSSR count). The van der Waals surface area contributed by atoms with Gasteiger partial charge in [0.1, 0.15) is 0 Å². The third kappa shape index (κ3) is 7.20. The third-order valence-corrected chi connectivity index (χ3v) is 9.40. The van der Waals surface area contributed by atoms with Crippen molar-refractivity contribution in [2.24, 2.45) is 0 Å². The van der Waals surface area contributed by atoms with Gasteiger partial charge in [0.25, 0.3) is 0 Å². The SMILES string of the molecule is CCCC[Si](C)(C1=CC[C-]=C1CC)c1cc(C)cc(C)c1.[Cl-].[Cl-].[Cl-].[Ti+4]. The van der Waals surface area contributed by atoms with E-state index in [4.69, 9.17) is 0 Å². The van der Waals surface area contributed by atoms with Gasteiger partial charge in [0.15, 0.2) is 0 Å². The van der Waals surface area contributed by atoms with Gasteiger partial charge in [0, 0.05) is 8.07 Å². The van der Waals surface area contributed by atoms with Crippen LogP contribution in [0.1, 0.15) is 50.7 Å². The van der Waals surface area contributed by atoms with Crippen LogP contribution in [0.2, 0.25) is 12.6 Å². The summed E-state index contributed by atoms with van der Waals surface area (Å²) in [5.74, 6) is 0. The van der Waals surface area contributed by atoms with Crippen LogP contribution in [0.5, 0.6) is 0 Å². The molecule has 0 saturated carbocycles. The number of hydrogen-bond acceptors (Lipinski definition) is 0. The van der Waals surface area contributed by atoms with Crippen molar-refractivity contribution in [1.29, 1.82) is 0 Å². The molecule has 0 bridgehead atoms. The molecule has 0 heterocycles. The Balaban J connectivity index is -0.00000121. The second-order valence-corrected chi connectivity index (χ2v) is 10.9. The molecule has 0 aliphatic heterocycles. The molecule has 138 valence electrons. The first-order valence-electron chi connectivity index (χ1n) is 8.40. The Morgan fingerprint density at radius 1 is 1.00 bits per heavy atom. The smallest absolute Gasteiger partial charge is 1.00 e. The van der Waals surface area contributed by atoms with E-state index in [2.05, 4.69) is 64.6 Å². The number of halogens is 3. The Labute approximate surface area is 189 Å². The van der Waals surface area contributed by atoms with Crippen LogP contribution in [0.15, 0.2) is 35.0 Å². The fourth-order valence-corrected chi connectivity index (χ4v) is 8.13. The summed E-state index contributed by atoms with van der Waals surface area (Å²) in [6.45, 7) is 11.6. The minimum Gasteiger partial charge on any atom is -1.00 e. The van der Waals surface area contributed by atoms with Gasteiger partial charge in [-0.05, 0) is 13.8 Å². The molecule has 1 atom stereocenters. The van der Waals surface area contributed by atoms with Crippen LogP contribution in [0.3, 0.4) is 0 Å². The van der Waals surface area contributed by atoms with Gasteiger partial charge in [-0.2, -0.15) is 11.3 Å². The van der Waals surface area contributed by atoms with Crippen molar-refractivity contribution < 1.29 is 58.9 Å². The zero-order valence-electron chi connectivity index (χ0n) is 16.0. The number of allylic oxidation sites excluding steroid dienone is 4. The summed E-state index contributed by atoms with van der Waals surface area (Å²) < 4.78 is 0. The van der Waals surface area contributed by atoms with Crippen molar-refractivity contribution in [2.75, 3.05) is 0 Å². The van der Waals surface area contributed by atoms with E-state index in [-0.39, 0.29) is 58.9 Å². The van der Waals surface area contributed by atoms with Crippen LogP contribution in [0.4, 0.5) is 0 Å². The van der Waals surface area contributed by atoms with Gasteiger partial charge in [0.05, 0.1) is 0 Å². The van der Waals surface area contributed by atoms with E-state index in [9.17, 15) is 0 Å².